The third-order valence-corrected chi connectivity index (χ3v) is 5.28. The second kappa shape index (κ2) is 11.0. The number of hydrogen-bond donors (Lipinski definition) is 4. The maximum Gasteiger partial charge on any atom is 0.311 e. The molecule has 3 aromatic rings. The zero-order valence-electron chi connectivity index (χ0n) is 18.9. The number of nitrogens with zero attached hydrogens (tertiary/aromatic N) is 3. The number of anilines is 3. The molecule has 0 aliphatic carbocycles. The monoisotopic (exact) mass is 447 g/mol. The van der Waals surface area contributed by atoms with Crippen molar-refractivity contribution in [1.82, 2.24) is 9.97 Å². The third-order valence-electron chi connectivity index (χ3n) is 5.28. The van der Waals surface area contributed by atoms with Gasteiger partial charge in [0.05, 0.1) is 10.6 Å². The summed E-state index contributed by atoms with van der Waals surface area (Å²) in [4.78, 5) is 19.1. The van der Waals surface area contributed by atoms with Gasteiger partial charge in [-0.1, -0.05) is 44.2 Å². The molecule has 0 unspecified atom stereocenters. The quantitative estimate of drug-likeness (QED) is 0.144. The highest BCUT2D eigenvalue weighted by Crippen LogP contribution is 2.25. The fourth-order valence-electron chi connectivity index (χ4n) is 3.33. The van der Waals surface area contributed by atoms with E-state index in [1.165, 1.54) is 17.7 Å². The van der Waals surface area contributed by atoms with E-state index < -0.39 is 4.92 Å². The SMILES string of the molecule is CCC(=N)Cc1ccc(NCCNc2ccc([N+](=O)[O-])c(N)n2)nc1-c1ccc(CC)cc1. The molecule has 0 saturated carbocycles. The summed E-state index contributed by atoms with van der Waals surface area (Å²) in [7, 11) is 0. The Morgan fingerprint density at radius 2 is 1.64 bits per heavy atom. The molecular formula is C24H29N7O2. The van der Waals surface area contributed by atoms with Gasteiger partial charge in [-0.25, -0.2) is 9.97 Å². The predicted octanol–water partition coefficient (Wildman–Crippen LogP) is 4.69. The van der Waals surface area contributed by atoms with Crippen molar-refractivity contribution in [3.8, 4) is 11.3 Å². The van der Waals surface area contributed by atoms with Gasteiger partial charge < -0.3 is 21.8 Å². The fraction of sp³-hybridized carbons (Fsp3) is 0.292. The van der Waals surface area contributed by atoms with Crippen molar-refractivity contribution in [1.29, 1.82) is 5.41 Å². The molecule has 5 N–H and O–H groups in total. The van der Waals surface area contributed by atoms with E-state index in [0.29, 0.717) is 37.5 Å². The molecule has 9 heteroatoms. The molecule has 0 aliphatic rings. The number of aryl methyl sites for hydroxylation is 1. The summed E-state index contributed by atoms with van der Waals surface area (Å²) < 4.78 is 0. The Bertz CT molecular complexity index is 1130. The Balaban J connectivity index is 1.69. The van der Waals surface area contributed by atoms with Crippen LogP contribution < -0.4 is 16.4 Å². The van der Waals surface area contributed by atoms with Crippen LogP contribution in [0, 0.1) is 15.5 Å². The Labute approximate surface area is 193 Å². The first-order valence-electron chi connectivity index (χ1n) is 11.0. The van der Waals surface area contributed by atoms with Gasteiger partial charge in [-0.05, 0) is 36.1 Å². The number of nitrogen functional groups attached to an aromatic ring is 1. The molecule has 0 bridgehead atoms. The standard InChI is InChI=1S/C24H29N7O2/c1-3-16-5-7-17(8-6-16)23-18(15-19(25)4-2)9-11-21(29-23)27-13-14-28-22-12-10-20(31(32)33)24(26)30-22/h5-12,25H,3-4,13-15H2,1-2H3,(H,27,29)(H3,26,28,30). The molecule has 0 saturated heterocycles. The lowest BCUT2D eigenvalue weighted by molar-refractivity contribution is -0.384. The van der Waals surface area contributed by atoms with Crippen LogP contribution >= 0.6 is 0 Å². The van der Waals surface area contributed by atoms with Gasteiger partial charge in [-0.2, -0.15) is 0 Å². The fourth-order valence-corrected chi connectivity index (χ4v) is 3.33. The summed E-state index contributed by atoms with van der Waals surface area (Å²) in [5, 5.41) is 25.4. The molecule has 0 radical (unpaired) electrons. The summed E-state index contributed by atoms with van der Waals surface area (Å²) >= 11 is 0. The summed E-state index contributed by atoms with van der Waals surface area (Å²) in [5.41, 5.74) is 10.3. The molecule has 0 spiro atoms. The van der Waals surface area contributed by atoms with Gasteiger partial charge in [0.15, 0.2) is 0 Å². The van der Waals surface area contributed by atoms with Crippen LogP contribution in [-0.2, 0) is 12.8 Å². The Morgan fingerprint density at radius 3 is 2.21 bits per heavy atom. The first kappa shape index (κ1) is 23.6. The number of pyridine rings is 2. The van der Waals surface area contributed by atoms with E-state index >= 15 is 0 Å². The number of aromatic nitrogens is 2. The topological polar surface area (TPSA) is 143 Å². The highest BCUT2D eigenvalue weighted by Gasteiger charge is 2.13. The van der Waals surface area contributed by atoms with Gasteiger partial charge in [0.1, 0.15) is 11.6 Å². The maximum absolute atomic E-state index is 10.8. The predicted molar refractivity (Wildman–Crippen MR) is 133 cm³/mol. The normalized spacial score (nSPS) is 10.6. The molecule has 2 heterocycles. The van der Waals surface area contributed by atoms with E-state index in [4.69, 9.17) is 16.1 Å². The lowest BCUT2D eigenvalue weighted by atomic mass is 9.99. The van der Waals surface area contributed by atoms with E-state index in [9.17, 15) is 10.1 Å². The van der Waals surface area contributed by atoms with Crippen LogP contribution in [0.1, 0.15) is 31.4 Å². The summed E-state index contributed by atoms with van der Waals surface area (Å²) in [6.07, 6.45) is 2.26. The minimum atomic E-state index is -0.557. The Morgan fingerprint density at radius 1 is 1.00 bits per heavy atom. The van der Waals surface area contributed by atoms with Crippen LogP contribution in [0.2, 0.25) is 0 Å². The van der Waals surface area contributed by atoms with Gasteiger partial charge in [0.2, 0.25) is 5.82 Å². The third kappa shape index (κ3) is 6.25. The number of nitrogens with one attached hydrogen (secondary N) is 3. The lowest BCUT2D eigenvalue weighted by Gasteiger charge is -2.14. The van der Waals surface area contributed by atoms with Crippen molar-refractivity contribution < 1.29 is 4.92 Å². The summed E-state index contributed by atoms with van der Waals surface area (Å²) in [6.45, 7) is 5.20. The number of hydrogen-bond acceptors (Lipinski definition) is 8. The second-order valence-electron chi connectivity index (χ2n) is 7.60. The molecule has 1 aromatic carbocycles. The molecule has 33 heavy (non-hydrogen) atoms. The van der Waals surface area contributed by atoms with E-state index in [2.05, 4.69) is 46.8 Å². The van der Waals surface area contributed by atoms with E-state index in [1.54, 1.807) is 0 Å². The molecule has 3 rings (SSSR count). The number of benzene rings is 1. The lowest BCUT2D eigenvalue weighted by Crippen LogP contribution is -2.16. The van der Waals surface area contributed by atoms with Crippen LogP contribution in [0.4, 0.5) is 23.1 Å². The number of rotatable bonds is 11. The highest BCUT2D eigenvalue weighted by molar-refractivity contribution is 5.85. The molecule has 2 aromatic heterocycles. The van der Waals surface area contributed by atoms with E-state index in [-0.39, 0.29) is 11.5 Å². The van der Waals surface area contributed by atoms with Crippen molar-refractivity contribution in [2.45, 2.75) is 33.1 Å². The number of nitrogens with two attached hydrogens (primary N) is 1. The van der Waals surface area contributed by atoms with Crippen LogP contribution in [-0.4, -0.2) is 33.7 Å². The van der Waals surface area contributed by atoms with Crippen LogP contribution in [0.25, 0.3) is 11.3 Å². The maximum atomic E-state index is 10.8. The molecular weight excluding hydrogens is 418 g/mol. The first-order chi connectivity index (χ1) is 15.9. The minimum Gasteiger partial charge on any atom is -0.378 e. The average molecular weight is 448 g/mol. The Kier molecular flexibility index (Phi) is 7.91. The number of nitro groups is 1. The van der Waals surface area contributed by atoms with Crippen LogP contribution in [0.3, 0.4) is 0 Å². The smallest absolute Gasteiger partial charge is 0.311 e. The van der Waals surface area contributed by atoms with Gasteiger partial charge in [-0.3, -0.25) is 10.1 Å². The molecule has 172 valence electrons. The van der Waals surface area contributed by atoms with E-state index in [0.717, 1.165) is 29.1 Å². The van der Waals surface area contributed by atoms with Crippen molar-refractivity contribution in [3.63, 3.8) is 0 Å². The zero-order chi connectivity index (χ0) is 23.8. The van der Waals surface area contributed by atoms with E-state index in [1.807, 2.05) is 19.1 Å². The van der Waals surface area contributed by atoms with Gasteiger partial charge in [0, 0.05) is 36.9 Å². The molecule has 0 amide bonds. The largest absolute Gasteiger partial charge is 0.378 e. The van der Waals surface area contributed by atoms with Crippen LogP contribution in [0.5, 0.6) is 0 Å². The molecule has 0 fully saturated rings. The van der Waals surface area contributed by atoms with Crippen molar-refractivity contribution >= 4 is 28.9 Å². The van der Waals surface area contributed by atoms with Crippen molar-refractivity contribution in [3.05, 3.63) is 69.8 Å². The van der Waals surface area contributed by atoms with Crippen molar-refractivity contribution in [2.75, 3.05) is 29.5 Å². The van der Waals surface area contributed by atoms with Gasteiger partial charge in [0.25, 0.3) is 0 Å². The summed E-state index contributed by atoms with van der Waals surface area (Å²) in [5.74, 6) is 1.08. The highest BCUT2D eigenvalue weighted by atomic mass is 16.6. The van der Waals surface area contributed by atoms with Crippen LogP contribution in [0.15, 0.2) is 48.5 Å². The van der Waals surface area contributed by atoms with Crippen molar-refractivity contribution in [2.24, 2.45) is 0 Å². The van der Waals surface area contributed by atoms with Gasteiger partial charge in [-0.15, -0.1) is 0 Å². The molecule has 9 nitrogen and oxygen atoms in total. The first-order valence-corrected chi connectivity index (χ1v) is 11.0. The second-order valence-corrected chi connectivity index (χ2v) is 7.60. The molecule has 0 aliphatic heterocycles. The Hall–Kier alpha value is -4.01. The zero-order valence-corrected chi connectivity index (χ0v) is 18.9. The van der Waals surface area contributed by atoms with Gasteiger partial charge >= 0.3 is 5.69 Å². The summed E-state index contributed by atoms with van der Waals surface area (Å²) in [6, 6.07) is 15.2. The average Bonchev–Trinajstić information content (AvgIpc) is 2.82. The minimum absolute atomic E-state index is 0.119. The molecule has 0 atom stereocenters.